The summed E-state index contributed by atoms with van der Waals surface area (Å²) in [4.78, 5) is 12.2. The Hall–Kier alpha value is -2.88. The molecule has 0 saturated heterocycles. The number of hydrogen-bond acceptors (Lipinski definition) is 2. The SMILES string of the molecule is Cc1ccc(Cn2ccc(NC(=O)c3ccc(C)cc3)n2)cc1. The van der Waals surface area contributed by atoms with Gasteiger partial charge in [0.1, 0.15) is 0 Å². The molecule has 0 spiro atoms. The van der Waals surface area contributed by atoms with Gasteiger partial charge in [-0.1, -0.05) is 47.5 Å². The number of nitrogens with one attached hydrogen (secondary N) is 1. The minimum Gasteiger partial charge on any atom is -0.305 e. The van der Waals surface area contributed by atoms with Gasteiger partial charge in [-0.3, -0.25) is 9.48 Å². The van der Waals surface area contributed by atoms with Gasteiger partial charge in [0.2, 0.25) is 0 Å². The van der Waals surface area contributed by atoms with Crippen molar-refractivity contribution in [2.24, 2.45) is 0 Å². The zero-order valence-electron chi connectivity index (χ0n) is 13.3. The summed E-state index contributed by atoms with van der Waals surface area (Å²) in [6.07, 6.45) is 1.87. The van der Waals surface area contributed by atoms with Crippen LogP contribution in [0.1, 0.15) is 27.0 Å². The Morgan fingerprint density at radius 2 is 1.57 bits per heavy atom. The highest BCUT2D eigenvalue weighted by atomic mass is 16.1. The minimum atomic E-state index is -0.148. The molecular formula is C19H19N3O. The van der Waals surface area contributed by atoms with Crippen LogP contribution < -0.4 is 5.32 Å². The topological polar surface area (TPSA) is 46.9 Å². The lowest BCUT2D eigenvalue weighted by atomic mass is 10.1. The lowest BCUT2D eigenvalue weighted by molar-refractivity contribution is 0.102. The van der Waals surface area contributed by atoms with E-state index in [9.17, 15) is 4.79 Å². The Labute approximate surface area is 135 Å². The van der Waals surface area contributed by atoms with Crippen molar-refractivity contribution in [3.05, 3.63) is 83.0 Å². The molecule has 0 atom stereocenters. The van der Waals surface area contributed by atoms with E-state index in [1.54, 1.807) is 6.07 Å². The molecule has 3 aromatic rings. The summed E-state index contributed by atoms with van der Waals surface area (Å²) in [6.45, 7) is 4.74. The van der Waals surface area contributed by atoms with E-state index in [1.807, 2.05) is 42.1 Å². The molecule has 1 heterocycles. The largest absolute Gasteiger partial charge is 0.305 e. The van der Waals surface area contributed by atoms with E-state index < -0.39 is 0 Å². The van der Waals surface area contributed by atoms with E-state index in [4.69, 9.17) is 0 Å². The Bertz CT molecular complexity index is 801. The molecule has 0 aliphatic carbocycles. The number of anilines is 1. The summed E-state index contributed by atoms with van der Waals surface area (Å²) in [5, 5.41) is 7.22. The fraction of sp³-hybridized carbons (Fsp3) is 0.158. The van der Waals surface area contributed by atoms with Crippen LogP contribution in [0, 0.1) is 13.8 Å². The maximum absolute atomic E-state index is 12.2. The summed E-state index contributed by atoms with van der Waals surface area (Å²) < 4.78 is 1.81. The highest BCUT2D eigenvalue weighted by molar-refractivity contribution is 6.03. The van der Waals surface area contributed by atoms with Gasteiger partial charge in [-0.05, 0) is 31.5 Å². The van der Waals surface area contributed by atoms with Crippen molar-refractivity contribution < 1.29 is 4.79 Å². The van der Waals surface area contributed by atoms with Crippen molar-refractivity contribution in [2.75, 3.05) is 5.32 Å². The highest BCUT2D eigenvalue weighted by Crippen LogP contribution is 2.10. The Kier molecular flexibility index (Phi) is 4.24. The maximum Gasteiger partial charge on any atom is 0.256 e. The Balaban J connectivity index is 1.66. The van der Waals surface area contributed by atoms with Gasteiger partial charge in [0.05, 0.1) is 6.54 Å². The molecule has 23 heavy (non-hydrogen) atoms. The molecule has 0 bridgehead atoms. The van der Waals surface area contributed by atoms with E-state index in [0.29, 0.717) is 17.9 Å². The van der Waals surface area contributed by atoms with Gasteiger partial charge in [-0.2, -0.15) is 5.10 Å². The molecule has 0 saturated carbocycles. The standard InChI is InChI=1S/C19H19N3O/c1-14-3-7-16(8-4-14)13-22-12-11-18(21-22)20-19(23)17-9-5-15(2)6-10-17/h3-12H,13H2,1-2H3,(H,20,21,23). The lowest BCUT2D eigenvalue weighted by Crippen LogP contribution is -2.12. The maximum atomic E-state index is 12.2. The van der Waals surface area contributed by atoms with E-state index in [2.05, 4.69) is 41.6 Å². The van der Waals surface area contributed by atoms with Gasteiger partial charge in [0.15, 0.2) is 5.82 Å². The van der Waals surface area contributed by atoms with Crippen LogP contribution in [-0.4, -0.2) is 15.7 Å². The van der Waals surface area contributed by atoms with Crippen molar-refractivity contribution in [1.82, 2.24) is 9.78 Å². The first kappa shape index (κ1) is 15.0. The molecule has 0 unspecified atom stereocenters. The van der Waals surface area contributed by atoms with Gasteiger partial charge in [0, 0.05) is 17.8 Å². The van der Waals surface area contributed by atoms with E-state index in [1.165, 1.54) is 11.1 Å². The number of carbonyl (C=O) groups is 1. The summed E-state index contributed by atoms with van der Waals surface area (Å²) in [5.41, 5.74) is 4.17. The molecule has 0 radical (unpaired) electrons. The third-order valence-corrected chi connectivity index (χ3v) is 3.66. The second kappa shape index (κ2) is 6.48. The molecule has 116 valence electrons. The number of hydrogen-bond donors (Lipinski definition) is 1. The average Bonchev–Trinajstić information content (AvgIpc) is 2.97. The second-order valence-corrected chi connectivity index (χ2v) is 5.70. The van der Waals surface area contributed by atoms with E-state index in [0.717, 1.165) is 5.56 Å². The molecule has 1 aromatic heterocycles. The van der Waals surface area contributed by atoms with Crippen LogP contribution in [0.15, 0.2) is 60.8 Å². The van der Waals surface area contributed by atoms with Crippen molar-refractivity contribution >= 4 is 11.7 Å². The van der Waals surface area contributed by atoms with Gasteiger partial charge >= 0.3 is 0 Å². The zero-order chi connectivity index (χ0) is 16.2. The monoisotopic (exact) mass is 305 g/mol. The molecule has 0 aliphatic rings. The number of benzene rings is 2. The number of aryl methyl sites for hydroxylation is 2. The first-order valence-electron chi connectivity index (χ1n) is 7.57. The third-order valence-electron chi connectivity index (χ3n) is 3.66. The number of amides is 1. The summed E-state index contributed by atoms with van der Waals surface area (Å²) >= 11 is 0. The zero-order valence-corrected chi connectivity index (χ0v) is 13.3. The fourth-order valence-electron chi connectivity index (χ4n) is 2.29. The highest BCUT2D eigenvalue weighted by Gasteiger charge is 2.07. The van der Waals surface area contributed by atoms with Crippen molar-refractivity contribution in [3.63, 3.8) is 0 Å². The van der Waals surface area contributed by atoms with Crippen molar-refractivity contribution in [1.29, 1.82) is 0 Å². The smallest absolute Gasteiger partial charge is 0.256 e. The molecule has 0 aliphatic heterocycles. The van der Waals surface area contributed by atoms with E-state index >= 15 is 0 Å². The van der Waals surface area contributed by atoms with Crippen LogP contribution in [0.25, 0.3) is 0 Å². The third kappa shape index (κ3) is 3.86. The van der Waals surface area contributed by atoms with Gasteiger partial charge < -0.3 is 5.32 Å². The Morgan fingerprint density at radius 1 is 0.957 bits per heavy atom. The summed E-state index contributed by atoms with van der Waals surface area (Å²) in [6, 6.07) is 17.6. The number of aromatic nitrogens is 2. The first-order chi connectivity index (χ1) is 11.1. The second-order valence-electron chi connectivity index (χ2n) is 5.70. The molecule has 1 N–H and O–H groups in total. The lowest BCUT2D eigenvalue weighted by Gasteiger charge is -2.04. The molecule has 4 nitrogen and oxygen atoms in total. The molecule has 3 rings (SSSR count). The van der Waals surface area contributed by atoms with Gasteiger partial charge in [0.25, 0.3) is 5.91 Å². The molecule has 2 aromatic carbocycles. The van der Waals surface area contributed by atoms with Crippen LogP contribution in [-0.2, 0) is 6.54 Å². The van der Waals surface area contributed by atoms with Crippen LogP contribution in [0.5, 0.6) is 0 Å². The van der Waals surface area contributed by atoms with Crippen LogP contribution in [0.2, 0.25) is 0 Å². The molecule has 1 amide bonds. The van der Waals surface area contributed by atoms with Crippen LogP contribution in [0.3, 0.4) is 0 Å². The molecule has 0 fully saturated rings. The number of nitrogens with zero attached hydrogens (tertiary/aromatic N) is 2. The Morgan fingerprint density at radius 3 is 2.22 bits per heavy atom. The summed E-state index contributed by atoms with van der Waals surface area (Å²) in [7, 11) is 0. The predicted molar refractivity (Wildman–Crippen MR) is 91.6 cm³/mol. The first-order valence-corrected chi connectivity index (χ1v) is 7.57. The van der Waals surface area contributed by atoms with E-state index in [-0.39, 0.29) is 5.91 Å². The number of rotatable bonds is 4. The minimum absolute atomic E-state index is 0.148. The molecule has 4 heteroatoms. The molecular weight excluding hydrogens is 286 g/mol. The van der Waals surface area contributed by atoms with Crippen molar-refractivity contribution in [2.45, 2.75) is 20.4 Å². The average molecular weight is 305 g/mol. The van der Waals surface area contributed by atoms with Gasteiger partial charge in [-0.15, -0.1) is 0 Å². The predicted octanol–water partition coefficient (Wildman–Crippen LogP) is 3.80. The normalized spacial score (nSPS) is 10.5. The van der Waals surface area contributed by atoms with Crippen LogP contribution in [0.4, 0.5) is 5.82 Å². The summed E-state index contributed by atoms with van der Waals surface area (Å²) in [5.74, 6) is 0.410. The number of carbonyl (C=O) groups excluding carboxylic acids is 1. The van der Waals surface area contributed by atoms with Gasteiger partial charge in [-0.25, -0.2) is 0 Å². The quantitative estimate of drug-likeness (QED) is 0.797. The van der Waals surface area contributed by atoms with Crippen molar-refractivity contribution in [3.8, 4) is 0 Å². The fourth-order valence-corrected chi connectivity index (χ4v) is 2.29. The van der Waals surface area contributed by atoms with Crippen LogP contribution >= 0.6 is 0 Å².